The second kappa shape index (κ2) is 8.91. The fourth-order valence-corrected chi connectivity index (χ4v) is 1.83. The van der Waals surface area contributed by atoms with E-state index in [2.05, 4.69) is 42.7 Å². The molecule has 4 heteroatoms. The van der Waals surface area contributed by atoms with Crippen LogP contribution in [0.1, 0.15) is 18.1 Å². The van der Waals surface area contributed by atoms with Gasteiger partial charge in [-0.3, -0.25) is 0 Å². The molecule has 0 spiro atoms. The van der Waals surface area contributed by atoms with Crippen molar-refractivity contribution in [1.29, 1.82) is 0 Å². The maximum absolute atomic E-state index is 5.33. The van der Waals surface area contributed by atoms with Crippen LogP contribution in [-0.4, -0.2) is 40.0 Å². The first-order valence-electron chi connectivity index (χ1n) is 6.74. The van der Waals surface area contributed by atoms with Crippen LogP contribution in [0.15, 0.2) is 18.2 Å². The normalized spacial score (nSPS) is 12.4. The third kappa shape index (κ3) is 6.05. The summed E-state index contributed by atoms with van der Waals surface area (Å²) >= 11 is 0. The van der Waals surface area contributed by atoms with Crippen LogP contribution in [0.25, 0.3) is 0 Å². The average Bonchev–Trinajstić information content (AvgIpc) is 2.42. The molecule has 2 N–H and O–H groups in total. The van der Waals surface area contributed by atoms with Crippen molar-refractivity contribution in [3.8, 4) is 5.75 Å². The smallest absolute Gasteiger partial charge is 0.122 e. The van der Waals surface area contributed by atoms with E-state index >= 15 is 0 Å². The molecule has 0 saturated heterocycles. The summed E-state index contributed by atoms with van der Waals surface area (Å²) < 4.78 is 10.3. The first-order valence-corrected chi connectivity index (χ1v) is 6.74. The highest BCUT2D eigenvalue weighted by Gasteiger charge is 2.03. The average molecular weight is 266 g/mol. The summed E-state index contributed by atoms with van der Waals surface area (Å²) in [4.78, 5) is 0. The zero-order valence-electron chi connectivity index (χ0n) is 12.5. The molecule has 0 fully saturated rings. The fraction of sp³-hybridized carbons (Fsp3) is 0.600. The predicted octanol–water partition coefficient (Wildman–Crippen LogP) is 1.72. The number of hydrogen-bond acceptors (Lipinski definition) is 4. The van der Waals surface area contributed by atoms with Gasteiger partial charge in [0.25, 0.3) is 0 Å². The summed E-state index contributed by atoms with van der Waals surface area (Å²) in [5, 5.41) is 6.83. The molecule has 1 aromatic rings. The van der Waals surface area contributed by atoms with Crippen molar-refractivity contribution in [2.75, 3.05) is 33.9 Å². The predicted molar refractivity (Wildman–Crippen MR) is 78.8 cm³/mol. The van der Waals surface area contributed by atoms with Gasteiger partial charge in [-0.15, -0.1) is 0 Å². The van der Waals surface area contributed by atoms with E-state index < -0.39 is 0 Å². The molecule has 4 nitrogen and oxygen atoms in total. The highest BCUT2D eigenvalue weighted by atomic mass is 16.5. The largest absolute Gasteiger partial charge is 0.496 e. The molecule has 0 aromatic heterocycles. The van der Waals surface area contributed by atoms with Crippen LogP contribution in [0, 0.1) is 6.92 Å². The van der Waals surface area contributed by atoms with Crippen molar-refractivity contribution >= 4 is 0 Å². The number of methoxy groups -OCH3 is 2. The lowest BCUT2D eigenvalue weighted by molar-refractivity contribution is 0.198. The van der Waals surface area contributed by atoms with Gasteiger partial charge in [0, 0.05) is 32.8 Å². The monoisotopic (exact) mass is 266 g/mol. The molecule has 0 aliphatic carbocycles. The van der Waals surface area contributed by atoms with E-state index in [-0.39, 0.29) is 0 Å². The molecular weight excluding hydrogens is 240 g/mol. The third-order valence-corrected chi connectivity index (χ3v) is 3.06. The van der Waals surface area contributed by atoms with Crippen LogP contribution in [0.5, 0.6) is 5.75 Å². The second-order valence-corrected chi connectivity index (χ2v) is 4.78. The van der Waals surface area contributed by atoms with Gasteiger partial charge in [-0.2, -0.15) is 0 Å². The summed E-state index contributed by atoms with van der Waals surface area (Å²) in [5.41, 5.74) is 2.41. The number of benzene rings is 1. The van der Waals surface area contributed by atoms with E-state index in [1.807, 2.05) is 0 Å². The number of hydrogen-bond donors (Lipinski definition) is 2. The lowest BCUT2D eigenvalue weighted by atomic mass is 10.1. The molecule has 1 atom stereocenters. The SMILES string of the molecule is COCCNCC(C)NCc1ccc(C)c(OC)c1. The maximum Gasteiger partial charge on any atom is 0.122 e. The van der Waals surface area contributed by atoms with Crippen molar-refractivity contribution < 1.29 is 9.47 Å². The Labute approximate surface area is 116 Å². The van der Waals surface area contributed by atoms with Gasteiger partial charge in [0.2, 0.25) is 0 Å². The van der Waals surface area contributed by atoms with Crippen molar-refractivity contribution in [2.45, 2.75) is 26.4 Å². The minimum Gasteiger partial charge on any atom is -0.496 e. The van der Waals surface area contributed by atoms with Crippen molar-refractivity contribution in [1.82, 2.24) is 10.6 Å². The zero-order chi connectivity index (χ0) is 14.1. The van der Waals surface area contributed by atoms with Gasteiger partial charge in [0.1, 0.15) is 5.75 Å². The van der Waals surface area contributed by atoms with E-state index in [0.717, 1.165) is 32.0 Å². The quantitative estimate of drug-likeness (QED) is 0.668. The van der Waals surface area contributed by atoms with E-state index in [0.29, 0.717) is 6.04 Å². The van der Waals surface area contributed by atoms with Gasteiger partial charge in [0.05, 0.1) is 13.7 Å². The van der Waals surface area contributed by atoms with E-state index in [9.17, 15) is 0 Å². The van der Waals surface area contributed by atoms with Crippen molar-refractivity contribution in [3.05, 3.63) is 29.3 Å². The molecule has 0 aliphatic rings. The summed E-state index contributed by atoms with van der Waals surface area (Å²) in [5.74, 6) is 0.949. The lowest BCUT2D eigenvalue weighted by Crippen LogP contribution is -2.37. The molecule has 0 aliphatic heterocycles. The topological polar surface area (TPSA) is 42.5 Å². The summed E-state index contributed by atoms with van der Waals surface area (Å²) in [7, 11) is 3.43. The molecule has 1 unspecified atom stereocenters. The Morgan fingerprint density at radius 1 is 1.26 bits per heavy atom. The van der Waals surface area contributed by atoms with Gasteiger partial charge in [-0.05, 0) is 31.0 Å². The van der Waals surface area contributed by atoms with Gasteiger partial charge < -0.3 is 20.1 Å². The first kappa shape index (κ1) is 16.0. The van der Waals surface area contributed by atoms with E-state index in [1.165, 1.54) is 11.1 Å². The van der Waals surface area contributed by atoms with E-state index in [1.54, 1.807) is 14.2 Å². The summed E-state index contributed by atoms with van der Waals surface area (Å²) in [6, 6.07) is 6.74. The van der Waals surface area contributed by atoms with Crippen LogP contribution in [-0.2, 0) is 11.3 Å². The van der Waals surface area contributed by atoms with Gasteiger partial charge in [-0.25, -0.2) is 0 Å². The minimum absolute atomic E-state index is 0.421. The summed E-state index contributed by atoms with van der Waals surface area (Å²) in [6.07, 6.45) is 0. The Balaban J connectivity index is 2.31. The van der Waals surface area contributed by atoms with Crippen molar-refractivity contribution in [3.63, 3.8) is 0 Å². The van der Waals surface area contributed by atoms with Crippen LogP contribution in [0.4, 0.5) is 0 Å². The third-order valence-electron chi connectivity index (χ3n) is 3.06. The zero-order valence-corrected chi connectivity index (χ0v) is 12.5. The van der Waals surface area contributed by atoms with Crippen LogP contribution >= 0.6 is 0 Å². The Kier molecular flexibility index (Phi) is 7.48. The first-order chi connectivity index (χ1) is 9.17. The fourth-order valence-electron chi connectivity index (χ4n) is 1.83. The highest BCUT2D eigenvalue weighted by Crippen LogP contribution is 2.18. The summed E-state index contributed by atoms with van der Waals surface area (Å²) in [6.45, 7) is 7.66. The van der Waals surface area contributed by atoms with Crippen LogP contribution in [0.2, 0.25) is 0 Å². The number of aryl methyl sites for hydroxylation is 1. The molecule has 1 rings (SSSR count). The molecule has 1 aromatic carbocycles. The standard InChI is InChI=1S/C15H26N2O2/c1-12-5-6-14(9-15(12)19-4)11-17-13(2)10-16-7-8-18-3/h5-6,9,13,16-17H,7-8,10-11H2,1-4H3. The second-order valence-electron chi connectivity index (χ2n) is 4.78. The Morgan fingerprint density at radius 2 is 2.05 bits per heavy atom. The van der Waals surface area contributed by atoms with Crippen LogP contribution < -0.4 is 15.4 Å². The molecule has 0 bridgehead atoms. The molecule has 19 heavy (non-hydrogen) atoms. The van der Waals surface area contributed by atoms with Gasteiger partial charge in [-0.1, -0.05) is 12.1 Å². The van der Waals surface area contributed by atoms with E-state index in [4.69, 9.17) is 9.47 Å². The molecule has 0 heterocycles. The Hall–Kier alpha value is -1.10. The number of rotatable bonds is 9. The van der Waals surface area contributed by atoms with Crippen LogP contribution in [0.3, 0.4) is 0 Å². The number of nitrogens with one attached hydrogen (secondary N) is 2. The molecule has 108 valence electrons. The number of ether oxygens (including phenoxy) is 2. The van der Waals surface area contributed by atoms with Gasteiger partial charge in [0.15, 0.2) is 0 Å². The molecule has 0 amide bonds. The Morgan fingerprint density at radius 3 is 2.74 bits per heavy atom. The molecule has 0 saturated carbocycles. The highest BCUT2D eigenvalue weighted by molar-refractivity contribution is 5.36. The van der Waals surface area contributed by atoms with Crippen molar-refractivity contribution in [2.24, 2.45) is 0 Å². The lowest BCUT2D eigenvalue weighted by Gasteiger charge is -2.15. The Bertz CT molecular complexity index is 369. The minimum atomic E-state index is 0.421. The maximum atomic E-state index is 5.33. The molecule has 0 radical (unpaired) electrons. The molecular formula is C15H26N2O2. The van der Waals surface area contributed by atoms with Gasteiger partial charge >= 0.3 is 0 Å².